The van der Waals surface area contributed by atoms with Crippen LogP contribution in [-0.4, -0.2) is 26.9 Å². The van der Waals surface area contributed by atoms with Crippen molar-refractivity contribution in [3.8, 4) is 5.69 Å². The predicted molar refractivity (Wildman–Crippen MR) is 165 cm³/mol. The number of carbonyl (C=O) groups is 1. The highest BCUT2D eigenvalue weighted by molar-refractivity contribution is 9.10. The van der Waals surface area contributed by atoms with Crippen molar-refractivity contribution < 1.29 is 4.79 Å². The smallest absolute Gasteiger partial charge is 0.266 e. The Morgan fingerprint density at radius 3 is 2.30 bits per heavy atom. The molecule has 5 rings (SSSR count). The molecule has 0 fully saturated rings. The molecule has 4 aromatic carbocycles. The number of hydrogen-bond donors (Lipinski definition) is 0. The molecule has 6 heteroatoms. The van der Waals surface area contributed by atoms with Crippen LogP contribution in [-0.2, 0) is 12.8 Å². The SMILES string of the molecule is CCc1ccc(-n2c(C(CC)N(CCc3ccccc3)C(=O)c3cccc(Br)c3)nc3ccccc3c2=O)cc1. The number of para-hydroxylation sites is 1. The van der Waals surface area contributed by atoms with Gasteiger partial charge < -0.3 is 4.90 Å². The highest BCUT2D eigenvalue weighted by Gasteiger charge is 2.30. The molecule has 1 atom stereocenters. The molecule has 0 aliphatic heterocycles. The normalized spacial score (nSPS) is 11.9. The first kappa shape index (κ1) is 27.5. The number of nitrogens with zero attached hydrogens (tertiary/aromatic N) is 3. The maximum Gasteiger partial charge on any atom is 0.266 e. The second-order valence-electron chi connectivity index (χ2n) is 9.82. The van der Waals surface area contributed by atoms with Gasteiger partial charge in [-0.1, -0.05) is 90.4 Å². The Morgan fingerprint density at radius 1 is 0.875 bits per heavy atom. The Balaban J connectivity index is 1.68. The van der Waals surface area contributed by atoms with Gasteiger partial charge in [0, 0.05) is 16.6 Å². The Labute approximate surface area is 243 Å². The Bertz CT molecular complexity index is 1680. The van der Waals surface area contributed by atoms with Crippen molar-refractivity contribution >= 4 is 32.7 Å². The summed E-state index contributed by atoms with van der Waals surface area (Å²) >= 11 is 3.52. The molecule has 0 radical (unpaired) electrons. The number of fused-ring (bicyclic) bond motifs is 1. The molecule has 0 bridgehead atoms. The first-order valence-electron chi connectivity index (χ1n) is 13.7. The zero-order chi connectivity index (χ0) is 28.1. The number of halogens is 1. The molecule has 40 heavy (non-hydrogen) atoms. The first-order valence-corrected chi connectivity index (χ1v) is 14.5. The van der Waals surface area contributed by atoms with Crippen LogP contribution in [0, 0.1) is 0 Å². The minimum atomic E-state index is -0.432. The number of aryl methyl sites for hydroxylation is 1. The molecule has 0 N–H and O–H groups in total. The third-order valence-electron chi connectivity index (χ3n) is 7.28. The molecule has 0 saturated heterocycles. The Morgan fingerprint density at radius 2 is 1.60 bits per heavy atom. The average molecular weight is 595 g/mol. The molecule has 0 aliphatic rings. The van der Waals surface area contributed by atoms with E-state index in [0.29, 0.717) is 41.7 Å². The van der Waals surface area contributed by atoms with E-state index in [0.717, 1.165) is 22.1 Å². The van der Waals surface area contributed by atoms with Gasteiger partial charge >= 0.3 is 0 Å². The Hall–Kier alpha value is -4.03. The minimum Gasteiger partial charge on any atom is -0.328 e. The summed E-state index contributed by atoms with van der Waals surface area (Å²) in [4.78, 5) is 35.1. The highest BCUT2D eigenvalue weighted by Crippen LogP contribution is 2.28. The van der Waals surface area contributed by atoms with Crippen molar-refractivity contribution in [2.75, 3.05) is 6.54 Å². The zero-order valence-electron chi connectivity index (χ0n) is 22.8. The van der Waals surface area contributed by atoms with E-state index in [-0.39, 0.29) is 11.5 Å². The molecule has 1 amide bonds. The van der Waals surface area contributed by atoms with Gasteiger partial charge in [0.25, 0.3) is 11.5 Å². The van der Waals surface area contributed by atoms with Crippen LogP contribution in [0.5, 0.6) is 0 Å². The summed E-state index contributed by atoms with van der Waals surface area (Å²) in [6, 6.07) is 32.6. The number of aromatic nitrogens is 2. The van der Waals surface area contributed by atoms with Crippen LogP contribution in [0.1, 0.15) is 53.6 Å². The van der Waals surface area contributed by atoms with Gasteiger partial charge in [-0.05, 0) is 72.9 Å². The molecule has 0 aliphatic carbocycles. The fraction of sp³-hybridized carbons (Fsp3) is 0.206. The summed E-state index contributed by atoms with van der Waals surface area (Å²) in [6.07, 6.45) is 2.18. The Kier molecular flexibility index (Phi) is 8.56. The average Bonchev–Trinajstić information content (AvgIpc) is 2.99. The lowest BCUT2D eigenvalue weighted by atomic mass is 10.1. The summed E-state index contributed by atoms with van der Waals surface area (Å²) in [5.74, 6) is 0.464. The van der Waals surface area contributed by atoms with Crippen LogP contribution >= 0.6 is 15.9 Å². The van der Waals surface area contributed by atoms with Crippen molar-refractivity contribution in [1.29, 1.82) is 0 Å². The minimum absolute atomic E-state index is 0.0978. The second-order valence-corrected chi connectivity index (χ2v) is 10.7. The maximum absolute atomic E-state index is 14.2. The monoisotopic (exact) mass is 593 g/mol. The van der Waals surface area contributed by atoms with Crippen LogP contribution in [0.3, 0.4) is 0 Å². The topological polar surface area (TPSA) is 55.2 Å². The van der Waals surface area contributed by atoms with E-state index < -0.39 is 6.04 Å². The van der Waals surface area contributed by atoms with E-state index >= 15 is 0 Å². The van der Waals surface area contributed by atoms with Crippen LogP contribution < -0.4 is 5.56 Å². The lowest BCUT2D eigenvalue weighted by molar-refractivity contribution is 0.0661. The van der Waals surface area contributed by atoms with Gasteiger partial charge in [0.15, 0.2) is 0 Å². The first-order chi connectivity index (χ1) is 19.5. The third kappa shape index (κ3) is 5.77. The van der Waals surface area contributed by atoms with E-state index in [4.69, 9.17) is 4.98 Å². The third-order valence-corrected chi connectivity index (χ3v) is 7.78. The zero-order valence-corrected chi connectivity index (χ0v) is 24.3. The van der Waals surface area contributed by atoms with Crippen LogP contribution in [0.15, 0.2) is 112 Å². The number of carbonyl (C=O) groups excluding carboxylic acids is 1. The predicted octanol–water partition coefficient (Wildman–Crippen LogP) is 7.55. The van der Waals surface area contributed by atoms with Crippen molar-refractivity contribution in [2.24, 2.45) is 0 Å². The van der Waals surface area contributed by atoms with Gasteiger partial charge in [0.2, 0.25) is 0 Å². The van der Waals surface area contributed by atoms with E-state index in [9.17, 15) is 9.59 Å². The highest BCUT2D eigenvalue weighted by atomic mass is 79.9. The van der Waals surface area contributed by atoms with E-state index in [1.54, 1.807) is 4.57 Å². The molecular formula is C34H32BrN3O2. The fourth-order valence-electron chi connectivity index (χ4n) is 5.13. The van der Waals surface area contributed by atoms with Crippen molar-refractivity contribution in [3.05, 3.63) is 140 Å². The largest absolute Gasteiger partial charge is 0.328 e. The second kappa shape index (κ2) is 12.4. The molecule has 5 nitrogen and oxygen atoms in total. The van der Waals surface area contributed by atoms with Crippen LogP contribution in [0.25, 0.3) is 16.6 Å². The van der Waals surface area contributed by atoms with E-state index in [2.05, 4.69) is 35.0 Å². The molecule has 1 heterocycles. The molecule has 0 saturated carbocycles. The molecule has 1 unspecified atom stereocenters. The quantitative estimate of drug-likeness (QED) is 0.177. The van der Waals surface area contributed by atoms with Gasteiger partial charge in [-0.2, -0.15) is 0 Å². The number of rotatable bonds is 9. The fourth-order valence-corrected chi connectivity index (χ4v) is 5.53. The lowest BCUT2D eigenvalue weighted by Crippen LogP contribution is -2.39. The number of hydrogen-bond acceptors (Lipinski definition) is 3. The van der Waals surface area contributed by atoms with Gasteiger partial charge in [-0.25, -0.2) is 4.98 Å². The summed E-state index contributed by atoms with van der Waals surface area (Å²) < 4.78 is 2.53. The van der Waals surface area contributed by atoms with Crippen molar-refractivity contribution in [3.63, 3.8) is 0 Å². The van der Waals surface area contributed by atoms with Gasteiger partial charge in [-0.3, -0.25) is 14.2 Å². The molecule has 202 valence electrons. The van der Waals surface area contributed by atoms with Gasteiger partial charge in [-0.15, -0.1) is 0 Å². The summed E-state index contributed by atoms with van der Waals surface area (Å²) in [7, 11) is 0. The number of amides is 1. The van der Waals surface area contributed by atoms with Crippen LogP contribution in [0.2, 0.25) is 0 Å². The maximum atomic E-state index is 14.2. The molecular weight excluding hydrogens is 562 g/mol. The molecule has 1 aromatic heterocycles. The molecule has 5 aromatic rings. The standard InChI is InChI=1S/C34H32BrN3O2/c1-3-24-17-19-28(20-18-24)38-32(36-30-16-9-8-15-29(30)34(38)40)31(4-2)37(22-21-25-11-6-5-7-12-25)33(39)26-13-10-14-27(35)23-26/h5-20,23,31H,3-4,21-22H2,1-2H3. The molecule has 0 spiro atoms. The summed E-state index contributed by atoms with van der Waals surface area (Å²) in [6.45, 7) is 4.63. The van der Waals surface area contributed by atoms with E-state index in [1.807, 2.05) is 103 Å². The van der Waals surface area contributed by atoms with Gasteiger partial charge in [0.05, 0.1) is 22.6 Å². The van der Waals surface area contributed by atoms with Crippen LogP contribution in [0.4, 0.5) is 0 Å². The van der Waals surface area contributed by atoms with Crippen molar-refractivity contribution in [1.82, 2.24) is 14.5 Å². The van der Waals surface area contributed by atoms with Gasteiger partial charge in [0.1, 0.15) is 5.82 Å². The lowest BCUT2D eigenvalue weighted by Gasteiger charge is -2.32. The summed E-state index contributed by atoms with van der Waals surface area (Å²) in [5, 5.41) is 0.551. The summed E-state index contributed by atoms with van der Waals surface area (Å²) in [5.41, 5.74) is 4.15. The van der Waals surface area contributed by atoms with E-state index in [1.165, 1.54) is 5.56 Å². The van der Waals surface area contributed by atoms with Crippen molar-refractivity contribution in [2.45, 2.75) is 39.2 Å². The number of benzene rings is 4.